The van der Waals surface area contributed by atoms with Gasteiger partial charge in [0.05, 0.1) is 11.8 Å². The van der Waals surface area contributed by atoms with Crippen LogP contribution < -0.4 is 0 Å². The molecule has 26 heavy (non-hydrogen) atoms. The molecule has 1 fully saturated rings. The Balaban J connectivity index is 1.61. The van der Waals surface area contributed by atoms with E-state index in [1.807, 2.05) is 24.3 Å². The van der Waals surface area contributed by atoms with Gasteiger partial charge in [-0.2, -0.15) is 0 Å². The van der Waals surface area contributed by atoms with Gasteiger partial charge in [0.2, 0.25) is 0 Å². The van der Waals surface area contributed by atoms with Crippen molar-refractivity contribution >= 4 is 35.2 Å². The summed E-state index contributed by atoms with van der Waals surface area (Å²) in [5.74, 6) is -0.911. The zero-order valence-corrected chi connectivity index (χ0v) is 16.0. The van der Waals surface area contributed by atoms with Gasteiger partial charge < -0.3 is 14.4 Å². The number of hydrogen-bond acceptors (Lipinski definition) is 4. The van der Waals surface area contributed by atoms with Crippen molar-refractivity contribution in [3.05, 3.63) is 52.4 Å². The van der Waals surface area contributed by atoms with E-state index in [1.54, 1.807) is 23.6 Å². The molecule has 3 rings (SSSR count). The van der Waals surface area contributed by atoms with Crippen LogP contribution in [0.2, 0.25) is 5.02 Å². The monoisotopic (exact) mass is 393 g/mol. The second-order valence-corrected chi connectivity index (χ2v) is 8.16. The standard InChI is InChI=1S/C19H20ClNO4S/c1-12-11-25-16(10-17(22)23)18(12)19(24)21-8-6-15(7-9-21)26-14-4-2-13(20)3-5-14/h2-5,11,15H,6-10H2,1H3,(H,22,23). The molecule has 5 nitrogen and oxygen atoms in total. The van der Waals surface area contributed by atoms with Gasteiger partial charge in [0.15, 0.2) is 0 Å². The molecule has 1 aliphatic heterocycles. The van der Waals surface area contributed by atoms with E-state index in [0.717, 1.165) is 17.9 Å². The molecule has 0 unspecified atom stereocenters. The summed E-state index contributed by atoms with van der Waals surface area (Å²) in [6, 6.07) is 7.79. The summed E-state index contributed by atoms with van der Waals surface area (Å²) in [5, 5.41) is 10.2. The number of piperidine rings is 1. The Kier molecular flexibility index (Phi) is 5.94. The Morgan fingerprint density at radius 2 is 1.92 bits per heavy atom. The minimum Gasteiger partial charge on any atom is -0.481 e. The molecule has 1 N–H and O–H groups in total. The summed E-state index contributed by atoms with van der Waals surface area (Å²) in [6.45, 7) is 3.08. The lowest BCUT2D eigenvalue weighted by molar-refractivity contribution is -0.136. The molecule has 1 saturated heterocycles. The summed E-state index contributed by atoms with van der Waals surface area (Å²) < 4.78 is 5.28. The maximum atomic E-state index is 12.8. The number of carbonyl (C=O) groups is 2. The molecule has 1 amide bonds. The van der Waals surface area contributed by atoms with Gasteiger partial charge in [0.25, 0.3) is 5.91 Å². The first-order chi connectivity index (χ1) is 12.4. The lowest BCUT2D eigenvalue weighted by atomic mass is 10.1. The van der Waals surface area contributed by atoms with Crippen molar-refractivity contribution in [1.29, 1.82) is 0 Å². The van der Waals surface area contributed by atoms with Crippen LogP contribution in [0, 0.1) is 6.92 Å². The maximum absolute atomic E-state index is 12.8. The second-order valence-electron chi connectivity index (χ2n) is 6.35. The molecule has 1 aromatic heterocycles. The molecule has 0 radical (unpaired) electrons. The number of carbonyl (C=O) groups excluding carboxylic acids is 1. The lowest BCUT2D eigenvalue weighted by Crippen LogP contribution is -2.39. The summed E-state index contributed by atoms with van der Waals surface area (Å²) in [6.07, 6.45) is 2.96. The maximum Gasteiger partial charge on any atom is 0.311 e. The van der Waals surface area contributed by atoms with Gasteiger partial charge >= 0.3 is 5.97 Å². The molecule has 2 aromatic rings. The molecule has 0 aliphatic carbocycles. The van der Waals surface area contributed by atoms with Crippen LogP contribution in [-0.4, -0.2) is 40.2 Å². The number of likely N-dealkylation sites (tertiary alicyclic amines) is 1. The van der Waals surface area contributed by atoms with Gasteiger partial charge in [-0.05, 0) is 44.0 Å². The van der Waals surface area contributed by atoms with Crippen molar-refractivity contribution in [2.45, 2.75) is 36.3 Å². The third kappa shape index (κ3) is 4.43. The van der Waals surface area contributed by atoms with Crippen LogP contribution in [0.3, 0.4) is 0 Å². The number of rotatable bonds is 5. The van der Waals surface area contributed by atoms with Gasteiger partial charge in [-0.3, -0.25) is 9.59 Å². The average Bonchev–Trinajstić information content (AvgIpc) is 2.96. The molecular formula is C19H20ClNO4S. The van der Waals surface area contributed by atoms with E-state index < -0.39 is 5.97 Å². The van der Waals surface area contributed by atoms with E-state index in [4.69, 9.17) is 21.1 Å². The van der Waals surface area contributed by atoms with E-state index in [1.165, 1.54) is 11.2 Å². The number of carboxylic acids is 1. The van der Waals surface area contributed by atoms with Crippen molar-refractivity contribution < 1.29 is 19.1 Å². The normalized spacial score (nSPS) is 15.2. The molecule has 138 valence electrons. The van der Waals surface area contributed by atoms with Crippen LogP contribution in [0.4, 0.5) is 0 Å². The van der Waals surface area contributed by atoms with Gasteiger partial charge in [0, 0.05) is 33.8 Å². The molecule has 7 heteroatoms. The Hall–Kier alpha value is -1.92. The fourth-order valence-corrected chi connectivity index (χ4v) is 4.34. The van der Waals surface area contributed by atoms with E-state index >= 15 is 0 Å². The SMILES string of the molecule is Cc1coc(CC(=O)O)c1C(=O)N1CCC(Sc2ccc(Cl)cc2)CC1. The summed E-state index contributed by atoms with van der Waals surface area (Å²) in [4.78, 5) is 26.8. The van der Waals surface area contributed by atoms with Crippen LogP contribution in [-0.2, 0) is 11.2 Å². The number of aryl methyl sites for hydroxylation is 1. The van der Waals surface area contributed by atoms with Gasteiger partial charge in [-0.25, -0.2) is 0 Å². The first-order valence-electron chi connectivity index (χ1n) is 8.44. The molecule has 1 aliphatic rings. The minimum absolute atomic E-state index is 0.137. The predicted molar refractivity (Wildman–Crippen MR) is 101 cm³/mol. The zero-order valence-electron chi connectivity index (χ0n) is 14.4. The highest BCUT2D eigenvalue weighted by molar-refractivity contribution is 8.00. The van der Waals surface area contributed by atoms with Crippen LogP contribution in [0.5, 0.6) is 0 Å². The molecule has 0 spiro atoms. The number of benzene rings is 1. The third-order valence-corrected chi connectivity index (χ3v) is 6.02. The number of aliphatic carboxylic acids is 1. The van der Waals surface area contributed by atoms with Crippen LogP contribution in [0.25, 0.3) is 0 Å². The number of halogens is 1. The summed E-state index contributed by atoms with van der Waals surface area (Å²) >= 11 is 7.72. The Morgan fingerprint density at radius 3 is 2.54 bits per heavy atom. The number of furan rings is 1. The number of carboxylic acid groups (broad SMARTS) is 1. The zero-order chi connectivity index (χ0) is 18.7. The summed E-state index contributed by atoms with van der Waals surface area (Å²) in [5.41, 5.74) is 1.08. The Morgan fingerprint density at radius 1 is 1.27 bits per heavy atom. The number of thioether (sulfide) groups is 1. The smallest absolute Gasteiger partial charge is 0.311 e. The Labute approximate surface area is 161 Å². The van der Waals surface area contributed by atoms with Crippen LogP contribution >= 0.6 is 23.4 Å². The number of amides is 1. The highest BCUT2D eigenvalue weighted by Crippen LogP contribution is 2.32. The highest BCUT2D eigenvalue weighted by Gasteiger charge is 2.28. The van der Waals surface area contributed by atoms with Crippen molar-refractivity contribution in [2.75, 3.05) is 13.1 Å². The molecule has 2 heterocycles. The average molecular weight is 394 g/mol. The van der Waals surface area contributed by atoms with Crippen molar-refractivity contribution in [3.63, 3.8) is 0 Å². The fourth-order valence-electron chi connectivity index (χ4n) is 3.09. The molecular weight excluding hydrogens is 374 g/mol. The Bertz CT molecular complexity index is 794. The van der Waals surface area contributed by atoms with Crippen molar-refractivity contribution in [3.8, 4) is 0 Å². The largest absolute Gasteiger partial charge is 0.481 e. The van der Waals surface area contributed by atoms with Crippen molar-refractivity contribution in [1.82, 2.24) is 4.90 Å². The predicted octanol–water partition coefficient (Wildman–Crippen LogP) is 4.27. The van der Waals surface area contributed by atoms with Gasteiger partial charge in [-0.1, -0.05) is 11.6 Å². The molecule has 0 bridgehead atoms. The summed E-state index contributed by atoms with van der Waals surface area (Å²) in [7, 11) is 0. The van der Waals surface area contributed by atoms with Crippen LogP contribution in [0.1, 0.15) is 34.5 Å². The van der Waals surface area contributed by atoms with E-state index in [-0.39, 0.29) is 18.1 Å². The first kappa shape index (κ1) is 18.9. The van der Waals surface area contributed by atoms with E-state index in [9.17, 15) is 9.59 Å². The molecule has 0 saturated carbocycles. The minimum atomic E-state index is -1.01. The van der Waals surface area contributed by atoms with E-state index in [0.29, 0.717) is 29.5 Å². The number of hydrogen-bond donors (Lipinski definition) is 1. The molecule has 0 atom stereocenters. The van der Waals surface area contributed by atoms with Crippen molar-refractivity contribution in [2.24, 2.45) is 0 Å². The molecule has 1 aromatic carbocycles. The topological polar surface area (TPSA) is 70.7 Å². The third-order valence-electron chi connectivity index (χ3n) is 4.42. The highest BCUT2D eigenvalue weighted by atomic mass is 35.5. The number of nitrogens with zero attached hydrogens (tertiary/aromatic N) is 1. The quantitative estimate of drug-likeness (QED) is 0.821. The lowest BCUT2D eigenvalue weighted by Gasteiger charge is -2.31. The second kappa shape index (κ2) is 8.18. The fraction of sp³-hybridized carbons (Fsp3) is 0.368. The van der Waals surface area contributed by atoms with E-state index in [2.05, 4.69) is 0 Å². The van der Waals surface area contributed by atoms with Gasteiger partial charge in [0.1, 0.15) is 12.2 Å². The van der Waals surface area contributed by atoms with Gasteiger partial charge in [-0.15, -0.1) is 11.8 Å². The first-order valence-corrected chi connectivity index (χ1v) is 9.70. The van der Waals surface area contributed by atoms with Crippen LogP contribution in [0.15, 0.2) is 39.8 Å².